The molecule has 1 aliphatic carbocycles. The van der Waals surface area contributed by atoms with Crippen LogP contribution in [0.4, 0.5) is 4.79 Å². The lowest BCUT2D eigenvalue weighted by Gasteiger charge is -2.27. The number of nitrogens with one attached hydrogen (secondary N) is 2. The van der Waals surface area contributed by atoms with Crippen molar-refractivity contribution in [3.8, 4) is 0 Å². The third-order valence-electron chi connectivity index (χ3n) is 4.88. The second-order valence-electron chi connectivity index (χ2n) is 6.55. The van der Waals surface area contributed by atoms with Crippen molar-refractivity contribution in [3.05, 3.63) is 64.5 Å². The first-order chi connectivity index (χ1) is 11.6. The summed E-state index contributed by atoms with van der Waals surface area (Å²) in [5.41, 5.74) is 6.35. The molecule has 1 aromatic heterocycles. The largest absolute Gasteiger partial charge is 0.338 e. The van der Waals surface area contributed by atoms with Gasteiger partial charge in [-0.25, -0.2) is 4.79 Å². The Hall–Kier alpha value is -2.36. The molecule has 0 aliphatic heterocycles. The second-order valence-corrected chi connectivity index (χ2v) is 6.55. The number of fused-ring (bicyclic) bond motifs is 1. The van der Waals surface area contributed by atoms with Gasteiger partial charge in [0.15, 0.2) is 0 Å². The standard InChI is InChI=1S/C20H25N3O/c1-14-15(2)22-13-17-12-18(8-9-19(14)17)23-20(24)21-11-10-16-6-4-3-5-7-16/h3-7,13,18H,8-12H2,1-2H3,(H2,21,23,24). The van der Waals surface area contributed by atoms with Gasteiger partial charge in [-0.1, -0.05) is 30.3 Å². The molecular weight excluding hydrogens is 298 g/mol. The summed E-state index contributed by atoms with van der Waals surface area (Å²) in [5, 5.41) is 6.06. The van der Waals surface area contributed by atoms with E-state index in [1.807, 2.05) is 24.4 Å². The summed E-state index contributed by atoms with van der Waals surface area (Å²) in [6, 6.07) is 10.3. The Bertz CT molecular complexity index is 712. The fourth-order valence-corrected chi connectivity index (χ4v) is 3.34. The average Bonchev–Trinajstić information content (AvgIpc) is 2.59. The quantitative estimate of drug-likeness (QED) is 0.908. The first-order valence-electron chi connectivity index (χ1n) is 8.65. The van der Waals surface area contributed by atoms with E-state index in [-0.39, 0.29) is 12.1 Å². The summed E-state index contributed by atoms with van der Waals surface area (Å²) >= 11 is 0. The molecule has 126 valence electrons. The van der Waals surface area contributed by atoms with Gasteiger partial charge in [0.05, 0.1) is 0 Å². The Kier molecular flexibility index (Phi) is 5.14. The van der Waals surface area contributed by atoms with E-state index in [0.717, 1.165) is 31.4 Å². The molecule has 0 bridgehead atoms. The molecule has 4 heteroatoms. The minimum absolute atomic E-state index is 0.0730. The Labute approximate surface area is 143 Å². The van der Waals surface area contributed by atoms with Crippen molar-refractivity contribution in [1.29, 1.82) is 0 Å². The SMILES string of the molecule is Cc1ncc2c(c1C)CCC(NC(=O)NCCc1ccccc1)C2. The van der Waals surface area contributed by atoms with Crippen molar-refractivity contribution < 1.29 is 4.79 Å². The fourth-order valence-electron chi connectivity index (χ4n) is 3.34. The summed E-state index contributed by atoms with van der Waals surface area (Å²) in [7, 11) is 0. The Balaban J connectivity index is 1.48. The zero-order chi connectivity index (χ0) is 16.9. The van der Waals surface area contributed by atoms with Gasteiger partial charge in [-0.15, -0.1) is 0 Å². The molecule has 0 saturated heterocycles. The predicted molar refractivity (Wildman–Crippen MR) is 96.2 cm³/mol. The van der Waals surface area contributed by atoms with Crippen LogP contribution in [-0.2, 0) is 19.3 Å². The summed E-state index contributed by atoms with van der Waals surface area (Å²) < 4.78 is 0. The molecule has 0 radical (unpaired) electrons. The summed E-state index contributed by atoms with van der Waals surface area (Å²) in [6.45, 7) is 4.85. The van der Waals surface area contributed by atoms with Crippen LogP contribution in [-0.4, -0.2) is 23.6 Å². The summed E-state index contributed by atoms with van der Waals surface area (Å²) in [4.78, 5) is 16.6. The Morgan fingerprint density at radius 1 is 1.25 bits per heavy atom. The monoisotopic (exact) mass is 323 g/mol. The van der Waals surface area contributed by atoms with Gasteiger partial charge in [0, 0.05) is 24.5 Å². The highest BCUT2D eigenvalue weighted by atomic mass is 16.2. The third-order valence-corrected chi connectivity index (χ3v) is 4.88. The van der Waals surface area contributed by atoms with Crippen LogP contribution in [0.25, 0.3) is 0 Å². The van der Waals surface area contributed by atoms with Crippen molar-refractivity contribution >= 4 is 6.03 Å². The maximum atomic E-state index is 12.1. The number of carbonyl (C=O) groups excluding carboxylic acids is 1. The molecule has 1 atom stereocenters. The lowest BCUT2D eigenvalue weighted by molar-refractivity contribution is 0.235. The van der Waals surface area contributed by atoms with Gasteiger partial charge in [0.25, 0.3) is 0 Å². The van der Waals surface area contributed by atoms with Gasteiger partial charge in [-0.3, -0.25) is 4.98 Å². The molecule has 2 aromatic rings. The minimum atomic E-state index is -0.0730. The van der Waals surface area contributed by atoms with Crippen LogP contribution in [0.2, 0.25) is 0 Å². The van der Waals surface area contributed by atoms with Crippen LogP contribution >= 0.6 is 0 Å². The molecule has 3 rings (SSSR count). The number of benzene rings is 1. The lowest BCUT2D eigenvalue weighted by Crippen LogP contribution is -2.45. The molecule has 24 heavy (non-hydrogen) atoms. The van der Waals surface area contributed by atoms with Crippen LogP contribution in [0.3, 0.4) is 0 Å². The maximum absolute atomic E-state index is 12.1. The number of carbonyl (C=O) groups is 1. The number of urea groups is 1. The molecular formula is C20H25N3O. The molecule has 2 amide bonds. The van der Waals surface area contributed by atoms with Crippen LogP contribution in [0.15, 0.2) is 36.5 Å². The number of amides is 2. The topological polar surface area (TPSA) is 54.0 Å². The number of pyridine rings is 1. The second kappa shape index (κ2) is 7.47. The molecule has 1 aromatic carbocycles. The van der Waals surface area contributed by atoms with Crippen molar-refractivity contribution in [2.45, 2.75) is 45.6 Å². The molecule has 0 fully saturated rings. The number of hydrogen-bond donors (Lipinski definition) is 2. The number of hydrogen-bond acceptors (Lipinski definition) is 2. The number of aromatic nitrogens is 1. The molecule has 1 heterocycles. The van der Waals surface area contributed by atoms with E-state index < -0.39 is 0 Å². The van der Waals surface area contributed by atoms with Crippen molar-refractivity contribution in [2.75, 3.05) is 6.54 Å². The van der Waals surface area contributed by atoms with Gasteiger partial charge < -0.3 is 10.6 Å². The number of rotatable bonds is 4. The number of aryl methyl sites for hydroxylation is 1. The smallest absolute Gasteiger partial charge is 0.315 e. The molecule has 1 unspecified atom stereocenters. The first kappa shape index (κ1) is 16.5. The number of nitrogens with zero attached hydrogens (tertiary/aromatic N) is 1. The highest BCUT2D eigenvalue weighted by molar-refractivity contribution is 5.74. The van der Waals surface area contributed by atoms with E-state index in [2.05, 4.69) is 41.6 Å². The predicted octanol–water partition coefficient (Wildman–Crippen LogP) is 3.10. The molecule has 0 saturated carbocycles. The molecule has 4 nitrogen and oxygen atoms in total. The lowest BCUT2D eigenvalue weighted by atomic mass is 9.86. The zero-order valence-corrected chi connectivity index (χ0v) is 14.4. The highest BCUT2D eigenvalue weighted by Crippen LogP contribution is 2.25. The third kappa shape index (κ3) is 3.94. The highest BCUT2D eigenvalue weighted by Gasteiger charge is 2.22. The van der Waals surface area contributed by atoms with E-state index >= 15 is 0 Å². The van der Waals surface area contributed by atoms with Crippen LogP contribution < -0.4 is 10.6 Å². The van der Waals surface area contributed by atoms with E-state index in [4.69, 9.17) is 0 Å². The van der Waals surface area contributed by atoms with Crippen molar-refractivity contribution in [3.63, 3.8) is 0 Å². The summed E-state index contributed by atoms with van der Waals surface area (Å²) in [5.74, 6) is 0. The van der Waals surface area contributed by atoms with Crippen LogP contribution in [0.1, 0.15) is 34.4 Å². The van der Waals surface area contributed by atoms with E-state index in [1.54, 1.807) is 0 Å². The molecule has 0 spiro atoms. The maximum Gasteiger partial charge on any atom is 0.315 e. The molecule has 2 N–H and O–H groups in total. The van der Waals surface area contributed by atoms with Crippen LogP contribution in [0.5, 0.6) is 0 Å². The average molecular weight is 323 g/mol. The van der Waals surface area contributed by atoms with Gasteiger partial charge in [-0.2, -0.15) is 0 Å². The minimum Gasteiger partial charge on any atom is -0.338 e. The van der Waals surface area contributed by atoms with Crippen molar-refractivity contribution in [2.24, 2.45) is 0 Å². The van der Waals surface area contributed by atoms with Gasteiger partial charge in [0.2, 0.25) is 0 Å². The zero-order valence-electron chi connectivity index (χ0n) is 14.4. The van der Waals surface area contributed by atoms with E-state index in [9.17, 15) is 4.79 Å². The van der Waals surface area contributed by atoms with E-state index in [1.165, 1.54) is 22.3 Å². The normalized spacial score (nSPS) is 16.3. The van der Waals surface area contributed by atoms with E-state index in [0.29, 0.717) is 6.54 Å². The van der Waals surface area contributed by atoms with Crippen LogP contribution in [0, 0.1) is 13.8 Å². The van der Waals surface area contributed by atoms with Gasteiger partial charge in [0.1, 0.15) is 0 Å². The first-order valence-corrected chi connectivity index (χ1v) is 8.65. The Morgan fingerprint density at radius 2 is 2.04 bits per heavy atom. The molecule has 1 aliphatic rings. The van der Waals surface area contributed by atoms with Gasteiger partial charge in [-0.05, 0) is 61.8 Å². The Morgan fingerprint density at radius 3 is 2.83 bits per heavy atom. The summed E-state index contributed by atoms with van der Waals surface area (Å²) in [6.07, 6.45) is 5.70. The van der Waals surface area contributed by atoms with Crippen molar-refractivity contribution in [1.82, 2.24) is 15.6 Å². The van der Waals surface area contributed by atoms with Gasteiger partial charge >= 0.3 is 6.03 Å². The fraction of sp³-hybridized carbons (Fsp3) is 0.400.